The van der Waals surface area contributed by atoms with Gasteiger partial charge < -0.3 is 15.6 Å². The molecule has 0 aliphatic rings. The fourth-order valence-corrected chi connectivity index (χ4v) is 2.41. The van der Waals surface area contributed by atoms with E-state index in [0.29, 0.717) is 17.9 Å². The lowest BCUT2D eigenvalue weighted by Crippen LogP contribution is -2.16. The average Bonchev–Trinajstić information content (AvgIpc) is 2.74. The van der Waals surface area contributed by atoms with E-state index in [0.717, 1.165) is 15.7 Å². The lowest BCUT2D eigenvalue weighted by atomic mass is 10.2. The van der Waals surface area contributed by atoms with Gasteiger partial charge in [-0.2, -0.15) is 0 Å². The van der Waals surface area contributed by atoms with Crippen molar-refractivity contribution in [2.45, 2.75) is 20.4 Å². The zero-order chi connectivity index (χ0) is 14.0. The number of aryl methyl sites for hydroxylation is 2. The van der Waals surface area contributed by atoms with Gasteiger partial charge in [-0.15, -0.1) is 0 Å². The van der Waals surface area contributed by atoms with E-state index in [1.807, 2.05) is 36.6 Å². The number of nitrogens with zero attached hydrogens (tertiary/aromatic N) is 1. The van der Waals surface area contributed by atoms with Gasteiger partial charge in [-0.1, -0.05) is 15.9 Å². The van der Waals surface area contributed by atoms with Crippen molar-refractivity contribution in [1.82, 2.24) is 4.57 Å². The molecule has 0 aliphatic carbocycles. The van der Waals surface area contributed by atoms with Gasteiger partial charge in [-0.05, 0) is 43.7 Å². The molecular weight excluding hydrogens is 306 g/mol. The second kappa shape index (κ2) is 5.48. The second-order valence-electron chi connectivity index (χ2n) is 4.36. The van der Waals surface area contributed by atoms with Gasteiger partial charge in [0.2, 0.25) is 0 Å². The van der Waals surface area contributed by atoms with Crippen LogP contribution in [0.3, 0.4) is 0 Å². The minimum absolute atomic E-state index is 0.149. The summed E-state index contributed by atoms with van der Waals surface area (Å²) in [5.74, 6) is -0.149. The van der Waals surface area contributed by atoms with Crippen LogP contribution in [-0.2, 0) is 6.54 Å². The number of amides is 1. The maximum atomic E-state index is 12.2. The molecule has 0 unspecified atom stereocenters. The number of benzene rings is 1. The van der Waals surface area contributed by atoms with E-state index in [2.05, 4.69) is 21.2 Å². The number of hydrogen-bond acceptors (Lipinski definition) is 2. The van der Waals surface area contributed by atoms with Gasteiger partial charge in [-0.3, -0.25) is 4.79 Å². The molecule has 0 saturated heterocycles. The van der Waals surface area contributed by atoms with Gasteiger partial charge in [0.1, 0.15) is 5.69 Å². The predicted octanol–water partition coefficient (Wildman–Crippen LogP) is 3.41. The lowest BCUT2D eigenvalue weighted by Gasteiger charge is -2.10. The summed E-state index contributed by atoms with van der Waals surface area (Å²) in [5.41, 5.74) is 8.70. The molecule has 0 bridgehead atoms. The first-order chi connectivity index (χ1) is 9.01. The molecule has 1 aromatic heterocycles. The van der Waals surface area contributed by atoms with E-state index in [1.165, 1.54) is 0 Å². The molecule has 0 aliphatic heterocycles. The van der Waals surface area contributed by atoms with Gasteiger partial charge in [0.05, 0.1) is 5.69 Å². The molecule has 5 heteroatoms. The van der Waals surface area contributed by atoms with Crippen molar-refractivity contribution in [1.29, 1.82) is 0 Å². The van der Waals surface area contributed by atoms with Crippen molar-refractivity contribution in [3.63, 3.8) is 0 Å². The number of nitrogens with two attached hydrogens (primary N) is 1. The molecule has 4 nitrogen and oxygen atoms in total. The summed E-state index contributed by atoms with van der Waals surface area (Å²) in [6.07, 6.45) is 1.77. The second-order valence-corrected chi connectivity index (χ2v) is 5.27. The van der Waals surface area contributed by atoms with Gasteiger partial charge in [0.15, 0.2) is 0 Å². The highest BCUT2D eigenvalue weighted by Gasteiger charge is 2.13. The third-order valence-corrected chi connectivity index (χ3v) is 3.42. The Morgan fingerprint density at radius 3 is 2.79 bits per heavy atom. The number of hydrogen-bond donors (Lipinski definition) is 2. The summed E-state index contributed by atoms with van der Waals surface area (Å²) < 4.78 is 2.82. The zero-order valence-electron chi connectivity index (χ0n) is 10.9. The quantitative estimate of drug-likeness (QED) is 0.910. The van der Waals surface area contributed by atoms with Crippen molar-refractivity contribution in [3.8, 4) is 0 Å². The molecule has 1 heterocycles. The Balaban J connectivity index is 2.25. The number of rotatable bonds is 3. The molecule has 100 valence electrons. The topological polar surface area (TPSA) is 60.0 Å². The maximum Gasteiger partial charge on any atom is 0.272 e. The number of nitrogens with one attached hydrogen (secondary N) is 1. The monoisotopic (exact) mass is 321 g/mol. The molecule has 0 radical (unpaired) electrons. The Kier molecular flexibility index (Phi) is 3.95. The van der Waals surface area contributed by atoms with Crippen LogP contribution in [0.5, 0.6) is 0 Å². The van der Waals surface area contributed by atoms with Crippen molar-refractivity contribution in [3.05, 3.63) is 46.2 Å². The summed E-state index contributed by atoms with van der Waals surface area (Å²) in [5, 5.41) is 2.91. The first kappa shape index (κ1) is 13.7. The van der Waals surface area contributed by atoms with E-state index in [-0.39, 0.29) is 5.91 Å². The highest BCUT2D eigenvalue weighted by molar-refractivity contribution is 9.10. The van der Waals surface area contributed by atoms with E-state index in [9.17, 15) is 4.79 Å². The van der Waals surface area contributed by atoms with E-state index >= 15 is 0 Å². The fourth-order valence-electron chi connectivity index (χ4n) is 1.94. The highest BCUT2D eigenvalue weighted by atomic mass is 79.9. The van der Waals surface area contributed by atoms with Crippen LogP contribution < -0.4 is 11.1 Å². The van der Waals surface area contributed by atoms with Crippen LogP contribution in [0.2, 0.25) is 0 Å². The van der Waals surface area contributed by atoms with Crippen molar-refractivity contribution < 1.29 is 4.79 Å². The average molecular weight is 322 g/mol. The number of carbonyl (C=O) groups is 1. The molecule has 0 atom stereocenters. The maximum absolute atomic E-state index is 12.2. The molecule has 3 N–H and O–H groups in total. The van der Waals surface area contributed by atoms with Gasteiger partial charge >= 0.3 is 0 Å². The van der Waals surface area contributed by atoms with Gasteiger partial charge in [0, 0.05) is 22.9 Å². The first-order valence-electron chi connectivity index (χ1n) is 6.04. The summed E-state index contributed by atoms with van der Waals surface area (Å²) >= 11 is 3.40. The number of aromatic nitrogens is 1. The summed E-state index contributed by atoms with van der Waals surface area (Å²) in [6, 6.07) is 7.42. The molecular formula is C14H16BrN3O. The summed E-state index contributed by atoms with van der Waals surface area (Å²) in [6.45, 7) is 4.63. The van der Waals surface area contributed by atoms with Crippen LogP contribution in [0, 0.1) is 6.92 Å². The molecule has 0 fully saturated rings. The summed E-state index contributed by atoms with van der Waals surface area (Å²) in [7, 11) is 0. The molecule has 1 amide bonds. The van der Waals surface area contributed by atoms with Crippen LogP contribution >= 0.6 is 15.9 Å². The van der Waals surface area contributed by atoms with Crippen LogP contribution in [0.15, 0.2) is 34.9 Å². The van der Waals surface area contributed by atoms with E-state index < -0.39 is 0 Å². The number of nitrogen functional groups attached to an aromatic ring is 1. The van der Waals surface area contributed by atoms with Gasteiger partial charge in [-0.25, -0.2) is 0 Å². The normalized spacial score (nSPS) is 10.5. The molecule has 0 saturated carbocycles. The fraction of sp³-hybridized carbons (Fsp3) is 0.214. The van der Waals surface area contributed by atoms with Crippen LogP contribution in [0.25, 0.3) is 0 Å². The SMILES string of the molecule is CCn1cc(N)cc1C(=O)Nc1ccc(Br)cc1C. The van der Waals surface area contributed by atoms with Crippen molar-refractivity contribution in [2.24, 2.45) is 0 Å². The third-order valence-electron chi connectivity index (χ3n) is 2.93. The number of halogens is 1. The predicted molar refractivity (Wildman–Crippen MR) is 81.4 cm³/mol. The summed E-state index contributed by atoms with van der Waals surface area (Å²) in [4.78, 5) is 12.2. The molecule has 19 heavy (non-hydrogen) atoms. The van der Waals surface area contributed by atoms with Crippen LogP contribution in [0.1, 0.15) is 23.0 Å². The van der Waals surface area contributed by atoms with Crippen LogP contribution in [-0.4, -0.2) is 10.5 Å². The standard InChI is InChI=1S/C14H16BrN3O/c1-3-18-8-11(16)7-13(18)14(19)17-12-5-4-10(15)6-9(12)2/h4-8H,3,16H2,1-2H3,(H,17,19). The van der Waals surface area contributed by atoms with E-state index in [1.54, 1.807) is 12.3 Å². The minimum Gasteiger partial charge on any atom is -0.397 e. The van der Waals surface area contributed by atoms with E-state index in [4.69, 9.17) is 5.73 Å². The molecule has 2 rings (SSSR count). The Hall–Kier alpha value is -1.75. The Morgan fingerprint density at radius 1 is 1.42 bits per heavy atom. The molecule has 2 aromatic rings. The Morgan fingerprint density at radius 2 is 2.16 bits per heavy atom. The van der Waals surface area contributed by atoms with Crippen molar-refractivity contribution >= 4 is 33.2 Å². The van der Waals surface area contributed by atoms with Crippen LogP contribution in [0.4, 0.5) is 11.4 Å². The number of anilines is 2. The zero-order valence-corrected chi connectivity index (χ0v) is 12.5. The largest absolute Gasteiger partial charge is 0.397 e. The smallest absolute Gasteiger partial charge is 0.272 e. The molecule has 0 spiro atoms. The minimum atomic E-state index is -0.149. The lowest BCUT2D eigenvalue weighted by molar-refractivity contribution is 0.101. The Bertz CT molecular complexity index is 619. The number of carbonyl (C=O) groups excluding carboxylic acids is 1. The third kappa shape index (κ3) is 2.98. The first-order valence-corrected chi connectivity index (χ1v) is 6.83. The Labute approximate surface area is 120 Å². The van der Waals surface area contributed by atoms with Gasteiger partial charge in [0.25, 0.3) is 5.91 Å². The van der Waals surface area contributed by atoms with Crippen molar-refractivity contribution in [2.75, 3.05) is 11.1 Å². The highest BCUT2D eigenvalue weighted by Crippen LogP contribution is 2.21. The molecule has 1 aromatic carbocycles.